The van der Waals surface area contributed by atoms with E-state index in [0.717, 1.165) is 12.1 Å². The molecule has 0 saturated carbocycles. The summed E-state index contributed by atoms with van der Waals surface area (Å²) in [6, 6.07) is 8.32. The predicted octanol–water partition coefficient (Wildman–Crippen LogP) is 3.99. The maximum Gasteiger partial charge on any atom is 0.422 e. The third-order valence-electron chi connectivity index (χ3n) is 2.70. The Labute approximate surface area is 111 Å². The Bertz CT molecular complexity index is 651. The first-order valence-corrected chi connectivity index (χ1v) is 5.44. The largest absolute Gasteiger partial charge is 0.508 e. The van der Waals surface area contributed by atoms with E-state index in [1.165, 1.54) is 24.3 Å². The van der Waals surface area contributed by atoms with E-state index in [0.29, 0.717) is 11.6 Å². The molecule has 0 saturated heterocycles. The summed E-state index contributed by atoms with van der Waals surface area (Å²) in [7, 11) is 0. The van der Waals surface area contributed by atoms with E-state index in [4.69, 9.17) is 5.11 Å². The molecule has 0 aromatic heterocycles. The summed E-state index contributed by atoms with van der Waals surface area (Å²) in [5.41, 5.74) is -1.54. The van der Waals surface area contributed by atoms with Gasteiger partial charge in [0.2, 0.25) is 0 Å². The molecule has 0 amide bonds. The second-order valence-electron chi connectivity index (χ2n) is 4.03. The molecular weight excluding hydrogens is 275 g/mol. The topological polar surface area (TPSA) is 63.4 Å². The Kier molecular flexibility index (Phi) is 3.35. The number of benzene rings is 2. The van der Waals surface area contributed by atoms with Gasteiger partial charge in [0.1, 0.15) is 11.3 Å². The monoisotopic (exact) mass is 283 g/mol. The Morgan fingerprint density at radius 2 is 1.55 bits per heavy atom. The number of hydrogen-bond donors (Lipinski definition) is 1. The molecule has 0 aliphatic rings. The van der Waals surface area contributed by atoms with Crippen molar-refractivity contribution in [3.05, 3.63) is 58.1 Å². The van der Waals surface area contributed by atoms with Crippen molar-refractivity contribution >= 4 is 5.69 Å². The van der Waals surface area contributed by atoms with E-state index in [-0.39, 0.29) is 11.3 Å². The van der Waals surface area contributed by atoms with Gasteiger partial charge in [-0.25, -0.2) is 0 Å². The molecule has 4 nitrogen and oxygen atoms in total. The van der Waals surface area contributed by atoms with Gasteiger partial charge in [0.15, 0.2) is 0 Å². The van der Waals surface area contributed by atoms with Crippen molar-refractivity contribution in [2.45, 2.75) is 6.18 Å². The Morgan fingerprint density at radius 1 is 1.00 bits per heavy atom. The predicted molar refractivity (Wildman–Crippen MR) is 65.2 cm³/mol. The van der Waals surface area contributed by atoms with E-state index in [9.17, 15) is 23.3 Å². The van der Waals surface area contributed by atoms with Crippen LogP contribution in [0.25, 0.3) is 11.1 Å². The summed E-state index contributed by atoms with van der Waals surface area (Å²) in [6.07, 6.45) is -4.78. The zero-order chi connectivity index (χ0) is 14.9. The Hall–Kier alpha value is -2.57. The van der Waals surface area contributed by atoms with Crippen molar-refractivity contribution < 1.29 is 23.2 Å². The third kappa shape index (κ3) is 2.71. The van der Waals surface area contributed by atoms with Crippen molar-refractivity contribution in [2.24, 2.45) is 0 Å². The van der Waals surface area contributed by atoms with Crippen molar-refractivity contribution in [3.8, 4) is 16.9 Å². The van der Waals surface area contributed by atoms with Crippen molar-refractivity contribution in [2.75, 3.05) is 0 Å². The SMILES string of the molecule is O=[N+]([O-])c1cc(-c2ccc(O)cc2)ccc1C(F)(F)F. The molecule has 0 aliphatic heterocycles. The Balaban J connectivity index is 2.56. The van der Waals surface area contributed by atoms with E-state index in [1.807, 2.05) is 0 Å². The molecule has 2 aromatic carbocycles. The van der Waals surface area contributed by atoms with Gasteiger partial charge < -0.3 is 5.11 Å². The van der Waals surface area contributed by atoms with Crippen molar-refractivity contribution in [1.29, 1.82) is 0 Å². The van der Waals surface area contributed by atoms with Gasteiger partial charge in [-0.15, -0.1) is 0 Å². The minimum absolute atomic E-state index is 0.00448. The average Bonchev–Trinajstić information content (AvgIpc) is 2.37. The fourth-order valence-electron chi connectivity index (χ4n) is 1.76. The van der Waals surface area contributed by atoms with Crippen LogP contribution in [0.1, 0.15) is 5.56 Å². The van der Waals surface area contributed by atoms with Crippen LogP contribution in [0.4, 0.5) is 18.9 Å². The van der Waals surface area contributed by atoms with E-state index in [1.54, 1.807) is 0 Å². The summed E-state index contributed by atoms with van der Waals surface area (Å²) in [6.45, 7) is 0. The first-order chi connectivity index (χ1) is 9.29. The molecule has 1 N–H and O–H groups in total. The molecule has 7 heteroatoms. The van der Waals surface area contributed by atoms with Crippen molar-refractivity contribution in [3.63, 3.8) is 0 Å². The van der Waals surface area contributed by atoms with E-state index >= 15 is 0 Å². The average molecular weight is 283 g/mol. The lowest BCUT2D eigenvalue weighted by Gasteiger charge is -2.09. The van der Waals surface area contributed by atoms with Gasteiger partial charge in [0.05, 0.1) is 4.92 Å². The lowest BCUT2D eigenvalue weighted by Crippen LogP contribution is -2.08. The fourth-order valence-corrected chi connectivity index (χ4v) is 1.76. The lowest BCUT2D eigenvalue weighted by atomic mass is 10.0. The summed E-state index contributed by atoms with van der Waals surface area (Å²) in [5, 5.41) is 19.9. The molecule has 0 bridgehead atoms. The number of alkyl halides is 3. The van der Waals surface area contributed by atoms with Crippen LogP contribution in [0, 0.1) is 10.1 Å². The first kappa shape index (κ1) is 13.9. The normalized spacial score (nSPS) is 11.3. The highest BCUT2D eigenvalue weighted by Gasteiger charge is 2.38. The number of phenols is 1. The maximum absolute atomic E-state index is 12.7. The van der Waals surface area contributed by atoms with Crippen LogP contribution in [0.15, 0.2) is 42.5 Å². The highest BCUT2D eigenvalue weighted by atomic mass is 19.4. The van der Waals surface area contributed by atoms with Crippen LogP contribution >= 0.6 is 0 Å². The van der Waals surface area contributed by atoms with Gasteiger partial charge in [-0.3, -0.25) is 10.1 Å². The summed E-state index contributed by atoms with van der Waals surface area (Å²) >= 11 is 0. The minimum atomic E-state index is -4.78. The van der Waals surface area contributed by atoms with Crippen LogP contribution < -0.4 is 0 Å². The first-order valence-electron chi connectivity index (χ1n) is 5.44. The molecule has 2 aromatic rings. The molecule has 0 fully saturated rings. The molecular formula is C13H8F3NO3. The van der Waals surface area contributed by atoms with Gasteiger partial charge in [-0.2, -0.15) is 13.2 Å². The molecule has 20 heavy (non-hydrogen) atoms. The van der Waals surface area contributed by atoms with Gasteiger partial charge in [-0.05, 0) is 29.3 Å². The number of nitrogens with zero attached hydrogens (tertiary/aromatic N) is 1. The number of nitro benzene ring substituents is 1. The number of hydrogen-bond acceptors (Lipinski definition) is 3. The number of aromatic hydroxyl groups is 1. The lowest BCUT2D eigenvalue weighted by molar-refractivity contribution is -0.388. The third-order valence-corrected chi connectivity index (χ3v) is 2.70. The van der Waals surface area contributed by atoms with Gasteiger partial charge >= 0.3 is 6.18 Å². The second-order valence-corrected chi connectivity index (χ2v) is 4.03. The summed E-state index contributed by atoms with van der Waals surface area (Å²) < 4.78 is 38.0. The number of phenolic OH excluding ortho intramolecular Hbond substituents is 1. The molecule has 0 radical (unpaired) electrons. The van der Waals surface area contributed by atoms with E-state index in [2.05, 4.69) is 0 Å². The van der Waals surface area contributed by atoms with Gasteiger partial charge in [0, 0.05) is 6.07 Å². The minimum Gasteiger partial charge on any atom is -0.508 e. The van der Waals surface area contributed by atoms with Crippen LogP contribution in [0.3, 0.4) is 0 Å². The number of rotatable bonds is 2. The highest BCUT2D eigenvalue weighted by Crippen LogP contribution is 2.38. The molecule has 0 unspecified atom stereocenters. The fraction of sp³-hybridized carbons (Fsp3) is 0.0769. The molecule has 104 valence electrons. The molecule has 0 spiro atoms. The van der Waals surface area contributed by atoms with Crippen LogP contribution in [-0.2, 0) is 6.18 Å². The number of nitro groups is 1. The van der Waals surface area contributed by atoms with Gasteiger partial charge in [-0.1, -0.05) is 18.2 Å². The van der Waals surface area contributed by atoms with Gasteiger partial charge in [0.25, 0.3) is 5.69 Å². The maximum atomic E-state index is 12.7. The molecule has 0 heterocycles. The quantitative estimate of drug-likeness (QED) is 0.669. The van der Waals surface area contributed by atoms with Crippen LogP contribution in [0.2, 0.25) is 0 Å². The summed E-state index contributed by atoms with van der Waals surface area (Å²) in [5.74, 6) is -0.00448. The van der Waals surface area contributed by atoms with Crippen LogP contribution in [0.5, 0.6) is 5.75 Å². The van der Waals surface area contributed by atoms with E-state index < -0.39 is 22.4 Å². The summed E-state index contributed by atoms with van der Waals surface area (Å²) in [4.78, 5) is 9.71. The van der Waals surface area contributed by atoms with Crippen molar-refractivity contribution in [1.82, 2.24) is 0 Å². The molecule has 0 aliphatic carbocycles. The number of halogens is 3. The van der Waals surface area contributed by atoms with Crippen LogP contribution in [-0.4, -0.2) is 10.0 Å². The smallest absolute Gasteiger partial charge is 0.422 e. The second kappa shape index (κ2) is 4.84. The standard InChI is InChI=1S/C13H8F3NO3/c14-13(15,16)11-6-3-9(7-12(11)17(19)20)8-1-4-10(18)5-2-8/h1-7,18H. The zero-order valence-electron chi connectivity index (χ0n) is 9.89. The Morgan fingerprint density at radius 3 is 2.05 bits per heavy atom. The molecule has 0 atom stereocenters. The highest BCUT2D eigenvalue weighted by molar-refractivity contribution is 5.68. The zero-order valence-corrected chi connectivity index (χ0v) is 9.89. The molecule has 2 rings (SSSR count).